The Labute approximate surface area is 162 Å². The predicted molar refractivity (Wildman–Crippen MR) is 104 cm³/mol. The third-order valence-electron chi connectivity index (χ3n) is 6.01. The average molecular weight is 376 g/mol. The van der Waals surface area contributed by atoms with E-state index in [1.807, 2.05) is 27.6 Å². The fourth-order valence-electron chi connectivity index (χ4n) is 4.11. The number of piperazine rings is 1. The van der Waals surface area contributed by atoms with E-state index in [2.05, 4.69) is 17.0 Å². The summed E-state index contributed by atoms with van der Waals surface area (Å²) < 4.78 is 1.83. The highest BCUT2D eigenvalue weighted by Gasteiger charge is 2.25. The molecule has 1 aromatic rings. The van der Waals surface area contributed by atoms with Crippen LogP contribution in [0.25, 0.3) is 0 Å². The maximum absolute atomic E-state index is 12.6. The van der Waals surface area contributed by atoms with Crippen LogP contribution in [0.4, 0.5) is 0 Å². The molecule has 0 aromatic carbocycles. The largest absolute Gasteiger partial charge is 0.342 e. The van der Waals surface area contributed by atoms with Crippen molar-refractivity contribution in [3.63, 3.8) is 0 Å². The first-order chi connectivity index (χ1) is 13.0. The summed E-state index contributed by atoms with van der Waals surface area (Å²) in [7, 11) is 4.01. The maximum Gasteiger partial charge on any atom is 0.222 e. The number of likely N-dealkylation sites (N-methyl/N-ethyl adjacent to an activating group) is 1. The SMILES string of the molecule is CN1CCN(C(=O)CCC2CCCN(C(=O)CCc3ccnn3C)C2)CC1. The molecule has 2 aliphatic heterocycles. The number of piperidine rings is 1. The molecule has 0 aliphatic carbocycles. The monoisotopic (exact) mass is 375 g/mol. The zero-order chi connectivity index (χ0) is 19.2. The van der Waals surface area contributed by atoms with E-state index >= 15 is 0 Å². The standard InChI is InChI=1S/C20H33N5O2/c1-22-12-14-24(15-13-22)19(26)7-5-17-4-3-11-25(16-17)20(27)8-6-18-9-10-21-23(18)2/h9-10,17H,3-8,11-16H2,1-2H3. The molecule has 2 fully saturated rings. The second-order valence-electron chi connectivity index (χ2n) is 8.02. The number of rotatable bonds is 6. The zero-order valence-electron chi connectivity index (χ0n) is 16.8. The first-order valence-corrected chi connectivity index (χ1v) is 10.2. The molecule has 3 heterocycles. The molecule has 0 radical (unpaired) electrons. The van der Waals surface area contributed by atoms with Crippen molar-refractivity contribution in [2.45, 2.75) is 38.5 Å². The second-order valence-corrected chi connectivity index (χ2v) is 8.02. The molecule has 2 saturated heterocycles. The molecule has 2 aliphatic rings. The molecule has 2 amide bonds. The highest BCUT2D eigenvalue weighted by Crippen LogP contribution is 2.22. The van der Waals surface area contributed by atoms with Gasteiger partial charge >= 0.3 is 0 Å². The van der Waals surface area contributed by atoms with Crippen LogP contribution in [-0.2, 0) is 23.1 Å². The van der Waals surface area contributed by atoms with Gasteiger partial charge in [-0.3, -0.25) is 14.3 Å². The Bertz CT molecular complexity index is 636. The van der Waals surface area contributed by atoms with E-state index in [1.165, 1.54) is 0 Å². The lowest BCUT2D eigenvalue weighted by Gasteiger charge is -2.34. The summed E-state index contributed by atoms with van der Waals surface area (Å²) in [5.41, 5.74) is 1.09. The summed E-state index contributed by atoms with van der Waals surface area (Å²) in [6.45, 7) is 5.28. The topological polar surface area (TPSA) is 61.7 Å². The number of carbonyl (C=O) groups excluding carboxylic acids is 2. The van der Waals surface area contributed by atoms with Crippen LogP contribution in [0.1, 0.15) is 37.8 Å². The number of amides is 2. The number of hydrogen-bond acceptors (Lipinski definition) is 4. The number of likely N-dealkylation sites (tertiary alicyclic amines) is 1. The van der Waals surface area contributed by atoms with Crippen LogP contribution in [-0.4, -0.2) is 82.6 Å². The van der Waals surface area contributed by atoms with Gasteiger partial charge < -0.3 is 14.7 Å². The van der Waals surface area contributed by atoms with Gasteiger partial charge in [-0.05, 0) is 44.7 Å². The number of hydrogen-bond donors (Lipinski definition) is 0. The highest BCUT2D eigenvalue weighted by atomic mass is 16.2. The fraction of sp³-hybridized carbons (Fsp3) is 0.750. The summed E-state index contributed by atoms with van der Waals surface area (Å²) in [4.78, 5) is 31.3. The van der Waals surface area contributed by atoms with E-state index in [0.29, 0.717) is 18.8 Å². The van der Waals surface area contributed by atoms with Crippen LogP contribution in [0.3, 0.4) is 0 Å². The van der Waals surface area contributed by atoms with Crippen LogP contribution in [0, 0.1) is 5.92 Å². The van der Waals surface area contributed by atoms with Gasteiger partial charge in [0.1, 0.15) is 0 Å². The van der Waals surface area contributed by atoms with Gasteiger partial charge in [0.2, 0.25) is 11.8 Å². The van der Waals surface area contributed by atoms with E-state index in [0.717, 1.165) is 70.6 Å². The van der Waals surface area contributed by atoms with Crippen LogP contribution in [0.15, 0.2) is 12.3 Å². The minimum atomic E-state index is 0.228. The summed E-state index contributed by atoms with van der Waals surface area (Å²) in [6, 6.07) is 1.97. The van der Waals surface area contributed by atoms with E-state index in [4.69, 9.17) is 0 Å². The molecule has 1 atom stereocenters. The summed E-state index contributed by atoms with van der Waals surface area (Å²) >= 11 is 0. The Kier molecular flexibility index (Phi) is 6.88. The lowest BCUT2D eigenvalue weighted by atomic mass is 9.92. The average Bonchev–Trinajstić information content (AvgIpc) is 3.10. The van der Waals surface area contributed by atoms with Gasteiger partial charge in [0.15, 0.2) is 0 Å². The van der Waals surface area contributed by atoms with Gasteiger partial charge in [-0.2, -0.15) is 5.10 Å². The van der Waals surface area contributed by atoms with Crippen molar-refractivity contribution in [3.8, 4) is 0 Å². The van der Waals surface area contributed by atoms with Crippen molar-refractivity contribution in [2.24, 2.45) is 13.0 Å². The summed E-state index contributed by atoms with van der Waals surface area (Å²) in [5, 5.41) is 4.16. The molecular formula is C20H33N5O2. The lowest BCUT2D eigenvalue weighted by molar-refractivity contribution is -0.133. The molecule has 27 heavy (non-hydrogen) atoms. The first-order valence-electron chi connectivity index (χ1n) is 10.2. The number of carbonyl (C=O) groups is 2. The van der Waals surface area contributed by atoms with Crippen LogP contribution >= 0.6 is 0 Å². The number of aromatic nitrogens is 2. The van der Waals surface area contributed by atoms with Crippen molar-refractivity contribution in [3.05, 3.63) is 18.0 Å². The molecule has 1 unspecified atom stereocenters. The van der Waals surface area contributed by atoms with Crippen LogP contribution in [0.2, 0.25) is 0 Å². The van der Waals surface area contributed by atoms with Crippen LogP contribution in [0.5, 0.6) is 0 Å². The molecule has 1 aromatic heterocycles. The lowest BCUT2D eigenvalue weighted by Crippen LogP contribution is -2.47. The molecular weight excluding hydrogens is 342 g/mol. The molecule has 7 heteroatoms. The predicted octanol–water partition coefficient (Wildman–Crippen LogP) is 1.15. The Balaban J connectivity index is 1.40. The Morgan fingerprint density at radius 1 is 1.04 bits per heavy atom. The Morgan fingerprint density at radius 2 is 1.78 bits per heavy atom. The van der Waals surface area contributed by atoms with E-state index in [9.17, 15) is 9.59 Å². The Morgan fingerprint density at radius 3 is 2.48 bits per heavy atom. The van der Waals surface area contributed by atoms with Gasteiger partial charge in [-0.15, -0.1) is 0 Å². The molecule has 0 bridgehead atoms. The minimum Gasteiger partial charge on any atom is -0.342 e. The van der Waals surface area contributed by atoms with E-state index in [-0.39, 0.29) is 11.8 Å². The van der Waals surface area contributed by atoms with Gasteiger partial charge in [0.25, 0.3) is 0 Å². The summed E-state index contributed by atoms with van der Waals surface area (Å²) in [6.07, 6.45) is 6.73. The fourth-order valence-corrected chi connectivity index (χ4v) is 4.11. The number of nitrogens with zero attached hydrogens (tertiary/aromatic N) is 5. The summed E-state index contributed by atoms with van der Waals surface area (Å²) in [5.74, 6) is 0.963. The molecule has 3 rings (SSSR count). The third-order valence-corrected chi connectivity index (χ3v) is 6.01. The second kappa shape index (κ2) is 9.35. The van der Waals surface area contributed by atoms with Crippen molar-refractivity contribution in [1.82, 2.24) is 24.5 Å². The minimum absolute atomic E-state index is 0.228. The zero-order valence-corrected chi connectivity index (χ0v) is 16.8. The Hall–Kier alpha value is -1.89. The normalized spacial score (nSPS) is 21.5. The molecule has 0 spiro atoms. The van der Waals surface area contributed by atoms with Gasteiger partial charge in [0, 0.05) is 71.0 Å². The van der Waals surface area contributed by atoms with E-state index < -0.39 is 0 Å². The van der Waals surface area contributed by atoms with E-state index in [1.54, 1.807) is 6.20 Å². The van der Waals surface area contributed by atoms with Crippen molar-refractivity contribution in [2.75, 3.05) is 46.3 Å². The van der Waals surface area contributed by atoms with Crippen molar-refractivity contribution in [1.29, 1.82) is 0 Å². The molecule has 0 N–H and O–H groups in total. The molecule has 7 nitrogen and oxygen atoms in total. The van der Waals surface area contributed by atoms with Crippen LogP contribution < -0.4 is 0 Å². The highest BCUT2D eigenvalue weighted by molar-refractivity contribution is 5.77. The van der Waals surface area contributed by atoms with Crippen molar-refractivity contribution < 1.29 is 9.59 Å². The maximum atomic E-state index is 12.6. The number of aryl methyl sites for hydroxylation is 2. The van der Waals surface area contributed by atoms with Crippen molar-refractivity contribution >= 4 is 11.8 Å². The first kappa shape index (κ1) is 19.9. The quantitative estimate of drug-likeness (QED) is 0.748. The molecule has 0 saturated carbocycles. The molecule has 150 valence electrons. The van der Waals surface area contributed by atoms with Gasteiger partial charge in [-0.1, -0.05) is 0 Å². The third kappa shape index (κ3) is 5.54. The van der Waals surface area contributed by atoms with Gasteiger partial charge in [-0.25, -0.2) is 0 Å². The smallest absolute Gasteiger partial charge is 0.222 e. The van der Waals surface area contributed by atoms with Gasteiger partial charge in [0.05, 0.1) is 0 Å².